The van der Waals surface area contributed by atoms with E-state index in [1.807, 2.05) is 22.6 Å². The fraction of sp³-hybridized carbons (Fsp3) is 0.154. The monoisotopic (exact) mass is 473 g/mol. The van der Waals surface area contributed by atoms with Gasteiger partial charge >= 0.3 is 0 Å². The zero-order valence-corrected chi connectivity index (χ0v) is 14.4. The number of hydrogen-bond acceptors (Lipinski definition) is 1. The lowest BCUT2D eigenvalue weighted by atomic mass is 10.1. The summed E-state index contributed by atoms with van der Waals surface area (Å²) in [5, 5.41) is 0.392. The van der Waals surface area contributed by atoms with E-state index >= 15 is 0 Å². The highest BCUT2D eigenvalue weighted by atomic mass is 127. The average Bonchev–Trinajstić information content (AvgIpc) is 2.36. The lowest BCUT2D eigenvalue weighted by Gasteiger charge is -2.14. The van der Waals surface area contributed by atoms with Gasteiger partial charge in [-0.05, 0) is 46.9 Å². The lowest BCUT2D eigenvalue weighted by molar-refractivity contribution is 0.126. The van der Waals surface area contributed by atoms with Gasteiger partial charge < -0.3 is 4.57 Å². The number of alkyl halides is 2. The van der Waals surface area contributed by atoms with Crippen molar-refractivity contribution >= 4 is 50.1 Å². The molecule has 1 aromatic heterocycles. The van der Waals surface area contributed by atoms with E-state index in [2.05, 4.69) is 15.9 Å². The third kappa shape index (κ3) is 3.40. The molecule has 2 aromatic rings. The Kier molecular flexibility index (Phi) is 5.19. The zero-order valence-electron chi connectivity index (χ0n) is 9.92. The molecule has 1 heterocycles. The summed E-state index contributed by atoms with van der Waals surface area (Å²) in [5.41, 5.74) is 0.486. The van der Waals surface area contributed by atoms with Crippen LogP contribution in [0, 0.1) is 3.57 Å². The van der Waals surface area contributed by atoms with E-state index in [4.69, 9.17) is 11.6 Å². The van der Waals surface area contributed by atoms with E-state index in [0.717, 1.165) is 9.04 Å². The molecule has 0 N–H and O–H groups in total. The van der Waals surface area contributed by atoms with E-state index < -0.39 is 18.5 Å². The fourth-order valence-electron chi connectivity index (χ4n) is 1.80. The number of aromatic nitrogens is 1. The standard InChI is InChI=1S/C13H8BrClF2INO/c14-7-1-2-8(9(15)5-7)11-4-3-10(18)13(20)19(11)6-12(16)17/h1-5,12H,6H2. The van der Waals surface area contributed by atoms with E-state index in [-0.39, 0.29) is 0 Å². The highest BCUT2D eigenvalue weighted by Gasteiger charge is 2.15. The summed E-state index contributed by atoms with van der Waals surface area (Å²) in [7, 11) is 0. The number of halogens is 5. The van der Waals surface area contributed by atoms with Crippen LogP contribution in [0.15, 0.2) is 39.6 Å². The largest absolute Gasteiger partial charge is 0.302 e. The Balaban J connectivity index is 2.67. The van der Waals surface area contributed by atoms with Gasteiger partial charge in [-0.3, -0.25) is 4.79 Å². The summed E-state index contributed by atoms with van der Waals surface area (Å²) in [6.07, 6.45) is -2.61. The molecular weight excluding hydrogens is 466 g/mol. The topological polar surface area (TPSA) is 22.0 Å². The summed E-state index contributed by atoms with van der Waals surface area (Å²) >= 11 is 11.2. The SMILES string of the molecule is O=c1c(I)ccc(-c2ccc(Br)cc2Cl)n1CC(F)F. The molecule has 0 unspecified atom stereocenters. The Hall–Kier alpha value is -0.470. The molecule has 0 saturated heterocycles. The number of rotatable bonds is 3. The van der Waals surface area contributed by atoms with Gasteiger partial charge in [-0.15, -0.1) is 0 Å². The number of benzene rings is 1. The summed E-state index contributed by atoms with van der Waals surface area (Å²) in [6.45, 7) is -0.655. The van der Waals surface area contributed by atoms with Crippen LogP contribution in [0.1, 0.15) is 0 Å². The minimum Gasteiger partial charge on any atom is -0.302 e. The van der Waals surface area contributed by atoms with Crippen molar-refractivity contribution in [3.05, 3.63) is 53.8 Å². The molecule has 0 fully saturated rings. The molecule has 0 saturated carbocycles. The summed E-state index contributed by atoms with van der Waals surface area (Å²) in [5.74, 6) is 0. The average molecular weight is 474 g/mol. The van der Waals surface area contributed by atoms with Gasteiger partial charge in [0.25, 0.3) is 12.0 Å². The Bertz CT molecular complexity index is 705. The first-order chi connectivity index (χ1) is 9.40. The molecule has 106 valence electrons. The molecule has 7 heteroatoms. The van der Waals surface area contributed by atoms with Crippen molar-refractivity contribution in [2.75, 3.05) is 0 Å². The van der Waals surface area contributed by atoms with Crippen molar-refractivity contribution in [1.29, 1.82) is 0 Å². The Labute approximate surface area is 141 Å². The molecule has 0 radical (unpaired) electrons. The molecule has 2 nitrogen and oxygen atoms in total. The smallest absolute Gasteiger partial charge is 0.264 e. The van der Waals surface area contributed by atoms with Crippen LogP contribution in [0.25, 0.3) is 11.3 Å². The van der Waals surface area contributed by atoms with Gasteiger partial charge in [0.1, 0.15) is 0 Å². The molecular formula is C13H8BrClF2INO. The minimum atomic E-state index is -2.61. The zero-order chi connectivity index (χ0) is 14.9. The number of pyridine rings is 1. The first-order valence-corrected chi connectivity index (χ1v) is 7.78. The highest BCUT2D eigenvalue weighted by Crippen LogP contribution is 2.30. The van der Waals surface area contributed by atoms with E-state index in [1.165, 1.54) is 0 Å². The van der Waals surface area contributed by atoms with Crippen LogP contribution in [-0.2, 0) is 6.54 Å². The Morgan fingerprint density at radius 3 is 2.60 bits per heavy atom. The molecule has 0 aliphatic carbocycles. The van der Waals surface area contributed by atoms with Crippen LogP contribution in [0.2, 0.25) is 5.02 Å². The molecule has 2 rings (SSSR count). The summed E-state index contributed by atoms with van der Waals surface area (Å²) in [6, 6.07) is 8.32. The van der Waals surface area contributed by atoms with Crippen LogP contribution in [0.4, 0.5) is 8.78 Å². The molecule has 20 heavy (non-hydrogen) atoms. The maximum absolute atomic E-state index is 12.7. The molecule has 0 amide bonds. The summed E-state index contributed by atoms with van der Waals surface area (Å²) < 4.78 is 27.6. The van der Waals surface area contributed by atoms with Crippen LogP contribution in [0.3, 0.4) is 0 Å². The second-order valence-electron chi connectivity index (χ2n) is 4.00. The van der Waals surface area contributed by atoms with E-state index in [9.17, 15) is 13.6 Å². The molecule has 0 aliphatic heterocycles. The van der Waals surface area contributed by atoms with Gasteiger partial charge in [-0.25, -0.2) is 8.78 Å². The lowest BCUT2D eigenvalue weighted by Crippen LogP contribution is -2.26. The van der Waals surface area contributed by atoms with Gasteiger partial charge in [-0.1, -0.05) is 33.6 Å². The van der Waals surface area contributed by atoms with Crippen molar-refractivity contribution in [3.63, 3.8) is 0 Å². The fourth-order valence-corrected chi connectivity index (χ4v) is 3.04. The van der Waals surface area contributed by atoms with Crippen LogP contribution in [-0.4, -0.2) is 11.0 Å². The van der Waals surface area contributed by atoms with Crippen molar-refractivity contribution in [3.8, 4) is 11.3 Å². The van der Waals surface area contributed by atoms with Crippen molar-refractivity contribution < 1.29 is 8.78 Å². The second kappa shape index (κ2) is 6.53. The number of hydrogen-bond donors (Lipinski definition) is 0. The normalized spacial score (nSPS) is 11.1. The third-order valence-electron chi connectivity index (χ3n) is 2.66. The maximum Gasteiger partial charge on any atom is 0.264 e. The molecule has 0 bridgehead atoms. The Morgan fingerprint density at radius 2 is 2.00 bits per heavy atom. The van der Waals surface area contributed by atoms with E-state index in [0.29, 0.717) is 19.9 Å². The predicted octanol–water partition coefficient (Wildman–Crippen LogP) is 4.80. The van der Waals surface area contributed by atoms with Crippen LogP contribution >= 0.6 is 50.1 Å². The van der Waals surface area contributed by atoms with Crippen LogP contribution < -0.4 is 5.56 Å². The van der Waals surface area contributed by atoms with Gasteiger partial charge in [0.2, 0.25) is 0 Å². The van der Waals surface area contributed by atoms with Gasteiger partial charge in [-0.2, -0.15) is 0 Å². The predicted molar refractivity (Wildman–Crippen MR) is 87.6 cm³/mol. The quantitative estimate of drug-likeness (QED) is 0.586. The van der Waals surface area contributed by atoms with Gasteiger partial charge in [0.05, 0.1) is 20.8 Å². The van der Waals surface area contributed by atoms with Gasteiger partial charge in [0, 0.05) is 10.0 Å². The van der Waals surface area contributed by atoms with Crippen molar-refractivity contribution in [1.82, 2.24) is 4.57 Å². The highest BCUT2D eigenvalue weighted by molar-refractivity contribution is 14.1. The van der Waals surface area contributed by atoms with Crippen molar-refractivity contribution in [2.45, 2.75) is 13.0 Å². The molecule has 1 aromatic carbocycles. The number of nitrogens with zero attached hydrogens (tertiary/aromatic N) is 1. The molecule has 0 aliphatic rings. The maximum atomic E-state index is 12.7. The minimum absolute atomic E-state index is 0.383. The molecule has 0 spiro atoms. The van der Waals surface area contributed by atoms with Crippen LogP contribution in [0.5, 0.6) is 0 Å². The Morgan fingerprint density at radius 1 is 1.30 bits per heavy atom. The van der Waals surface area contributed by atoms with E-state index in [1.54, 1.807) is 30.3 Å². The molecule has 0 atom stereocenters. The third-order valence-corrected chi connectivity index (χ3v) is 4.28. The first-order valence-electron chi connectivity index (χ1n) is 5.53. The second-order valence-corrected chi connectivity index (χ2v) is 6.48. The van der Waals surface area contributed by atoms with Gasteiger partial charge in [0.15, 0.2) is 0 Å². The first kappa shape index (κ1) is 15.9. The van der Waals surface area contributed by atoms with Crippen molar-refractivity contribution in [2.24, 2.45) is 0 Å². The summed E-state index contributed by atoms with van der Waals surface area (Å²) in [4.78, 5) is 12.0.